The Labute approximate surface area is 227 Å². The lowest BCUT2D eigenvalue weighted by atomic mass is 9.94. The van der Waals surface area contributed by atoms with Gasteiger partial charge in [-0.15, -0.1) is 0 Å². The van der Waals surface area contributed by atoms with Crippen molar-refractivity contribution in [2.75, 3.05) is 27.2 Å². The maximum Gasteiger partial charge on any atom is 0.490 e. The Kier molecular flexibility index (Phi) is 10.4. The Morgan fingerprint density at radius 2 is 1.72 bits per heavy atom. The van der Waals surface area contributed by atoms with Crippen LogP contribution >= 0.6 is 0 Å². The highest BCUT2D eigenvalue weighted by atomic mass is 32.2. The third-order valence-corrected chi connectivity index (χ3v) is 8.70. The summed E-state index contributed by atoms with van der Waals surface area (Å²) in [6.07, 6.45) is 0.193. The van der Waals surface area contributed by atoms with E-state index in [9.17, 15) is 21.6 Å². The predicted molar refractivity (Wildman–Crippen MR) is 142 cm³/mol. The van der Waals surface area contributed by atoms with Gasteiger partial charge in [0.2, 0.25) is 10.0 Å². The number of ether oxygens (including phenoxy) is 1. The number of likely N-dealkylation sites (tertiary alicyclic amines) is 1. The zero-order chi connectivity index (χ0) is 28.8. The molecule has 3 N–H and O–H groups in total. The number of nitrogens with zero attached hydrogens (tertiary/aromatic N) is 1. The SMILES string of the molecule is COc1ccc(CNC2CCN(C)CC2)cc1-c1ccc(S(=O)(=O)NC2CCC2)c(C)c1.O=C(O)C(F)(F)F. The molecule has 0 amide bonds. The number of benzene rings is 2. The summed E-state index contributed by atoms with van der Waals surface area (Å²) in [6.45, 7) is 4.93. The number of carboxylic acid groups (broad SMARTS) is 1. The molecule has 2 fully saturated rings. The van der Waals surface area contributed by atoms with E-state index in [-0.39, 0.29) is 6.04 Å². The molecule has 12 heteroatoms. The average molecular weight is 572 g/mol. The molecule has 1 saturated heterocycles. The van der Waals surface area contributed by atoms with E-state index in [0.717, 1.165) is 61.3 Å². The largest absolute Gasteiger partial charge is 0.496 e. The molecule has 0 unspecified atom stereocenters. The number of rotatable bonds is 8. The second-order valence-electron chi connectivity index (χ2n) is 10.0. The van der Waals surface area contributed by atoms with Crippen LogP contribution in [0.5, 0.6) is 5.75 Å². The number of methoxy groups -OCH3 is 1. The van der Waals surface area contributed by atoms with Crippen LogP contribution in [-0.2, 0) is 21.4 Å². The molecule has 0 atom stereocenters. The number of aryl methyl sites for hydroxylation is 1. The Hall–Kier alpha value is -2.67. The number of sulfonamides is 1. The molecule has 0 spiro atoms. The van der Waals surface area contributed by atoms with Gasteiger partial charge < -0.3 is 20.1 Å². The van der Waals surface area contributed by atoms with Crippen molar-refractivity contribution in [1.29, 1.82) is 0 Å². The standard InChI is InChI=1S/C25H35N3O3S.C2HF3O2/c1-18-15-20(8-10-25(18)32(29,30)27-22-5-4-6-22)23-16-19(7-9-24(23)31-3)17-26-21-11-13-28(2)14-12-21;3-2(4,5)1(6)7/h7-10,15-16,21-22,26-27H,4-6,11-14,17H2,1-3H3;(H,6,7). The molecule has 8 nitrogen and oxygen atoms in total. The van der Waals surface area contributed by atoms with E-state index in [2.05, 4.69) is 34.1 Å². The van der Waals surface area contributed by atoms with Crippen LogP contribution in [0.15, 0.2) is 41.3 Å². The summed E-state index contributed by atoms with van der Waals surface area (Å²) in [5, 5.41) is 10.8. The number of carboxylic acids is 1. The molecule has 39 heavy (non-hydrogen) atoms. The Bertz CT molecular complexity index is 1240. The lowest BCUT2D eigenvalue weighted by molar-refractivity contribution is -0.192. The second kappa shape index (κ2) is 13.1. The Morgan fingerprint density at radius 3 is 2.23 bits per heavy atom. The topological polar surface area (TPSA) is 108 Å². The van der Waals surface area contributed by atoms with Gasteiger partial charge >= 0.3 is 12.1 Å². The molecule has 1 saturated carbocycles. The van der Waals surface area contributed by atoms with E-state index in [1.165, 1.54) is 18.4 Å². The van der Waals surface area contributed by atoms with Gasteiger partial charge in [-0.2, -0.15) is 13.2 Å². The summed E-state index contributed by atoms with van der Waals surface area (Å²) in [4.78, 5) is 11.6. The Balaban J connectivity index is 0.000000532. The quantitative estimate of drug-likeness (QED) is 0.433. The third kappa shape index (κ3) is 8.66. The van der Waals surface area contributed by atoms with Gasteiger partial charge in [-0.1, -0.05) is 18.6 Å². The number of halogens is 3. The first-order valence-electron chi connectivity index (χ1n) is 12.8. The van der Waals surface area contributed by atoms with Crippen molar-refractivity contribution in [2.24, 2.45) is 0 Å². The van der Waals surface area contributed by atoms with Crippen LogP contribution in [0.2, 0.25) is 0 Å². The molecule has 216 valence electrons. The van der Waals surface area contributed by atoms with Crippen LogP contribution in [0, 0.1) is 6.92 Å². The summed E-state index contributed by atoms with van der Waals surface area (Å²) in [5.74, 6) is -1.97. The molecule has 2 aliphatic rings. The van der Waals surface area contributed by atoms with Crippen molar-refractivity contribution in [3.05, 3.63) is 47.5 Å². The van der Waals surface area contributed by atoms with E-state index in [1.54, 1.807) is 13.2 Å². The molecular formula is C27H36F3N3O5S. The van der Waals surface area contributed by atoms with Crippen LogP contribution in [0.3, 0.4) is 0 Å². The van der Waals surface area contributed by atoms with Crippen LogP contribution in [0.1, 0.15) is 43.2 Å². The van der Waals surface area contributed by atoms with Gasteiger partial charge in [0.25, 0.3) is 0 Å². The molecule has 0 aromatic heterocycles. The number of hydrogen-bond acceptors (Lipinski definition) is 6. The van der Waals surface area contributed by atoms with E-state index in [0.29, 0.717) is 10.9 Å². The Morgan fingerprint density at radius 1 is 1.08 bits per heavy atom. The zero-order valence-electron chi connectivity index (χ0n) is 22.3. The minimum absolute atomic E-state index is 0.0768. The molecular weight excluding hydrogens is 535 g/mol. The number of carbonyl (C=O) groups is 1. The van der Waals surface area contributed by atoms with Crippen LogP contribution in [-0.4, -0.2) is 69.9 Å². The van der Waals surface area contributed by atoms with Crippen molar-refractivity contribution in [3.8, 4) is 16.9 Å². The highest BCUT2D eigenvalue weighted by Gasteiger charge is 2.38. The van der Waals surface area contributed by atoms with Gasteiger partial charge in [0, 0.05) is 24.2 Å². The fraction of sp³-hybridized carbons (Fsp3) is 0.519. The predicted octanol–water partition coefficient (Wildman–Crippen LogP) is 4.32. The number of aliphatic carboxylic acids is 1. The molecule has 2 aromatic carbocycles. The van der Waals surface area contributed by atoms with Gasteiger partial charge in [0.05, 0.1) is 12.0 Å². The van der Waals surface area contributed by atoms with Crippen LogP contribution < -0.4 is 14.8 Å². The smallest absolute Gasteiger partial charge is 0.490 e. The van der Waals surface area contributed by atoms with Gasteiger partial charge in [0.1, 0.15) is 5.75 Å². The monoisotopic (exact) mass is 571 g/mol. The first-order chi connectivity index (χ1) is 18.3. The number of piperidine rings is 1. The maximum atomic E-state index is 12.8. The molecule has 1 heterocycles. The van der Waals surface area contributed by atoms with Crippen LogP contribution in [0.25, 0.3) is 11.1 Å². The van der Waals surface area contributed by atoms with E-state index < -0.39 is 22.2 Å². The minimum atomic E-state index is -5.08. The first kappa shape index (κ1) is 30.9. The molecule has 1 aliphatic carbocycles. The lowest BCUT2D eigenvalue weighted by Gasteiger charge is -2.29. The van der Waals surface area contributed by atoms with Gasteiger partial charge in [0.15, 0.2) is 0 Å². The third-order valence-electron chi connectivity index (χ3n) is 7.02. The van der Waals surface area contributed by atoms with E-state index >= 15 is 0 Å². The lowest BCUT2D eigenvalue weighted by Crippen LogP contribution is -2.40. The summed E-state index contributed by atoms with van der Waals surface area (Å²) in [6, 6.07) is 12.4. The van der Waals surface area contributed by atoms with E-state index in [4.69, 9.17) is 14.6 Å². The van der Waals surface area contributed by atoms with Crippen molar-refractivity contribution in [1.82, 2.24) is 14.9 Å². The summed E-state index contributed by atoms with van der Waals surface area (Å²) < 4.78 is 65.8. The average Bonchev–Trinajstić information content (AvgIpc) is 2.85. The molecule has 1 aliphatic heterocycles. The van der Waals surface area contributed by atoms with Crippen molar-refractivity contribution in [3.63, 3.8) is 0 Å². The minimum Gasteiger partial charge on any atom is -0.496 e. The van der Waals surface area contributed by atoms with Gasteiger partial charge in [-0.25, -0.2) is 17.9 Å². The second-order valence-corrected chi connectivity index (χ2v) is 11.7. The van der Waals surface area contributed by atoms with Crippen molar-refractivity contribution < 1.29 is 36.2 Å². The number of nitrogens with one attached hydrogen (secondary N) is 2. The summed E-state index contributed by atoms with van der Waals surface area (Å²) in [5.41, 5.74) is 3.88. The fourth-order valence-corrected chi connectivity index (χ4v) is 6.02. The molecule has 4 rings (SSSR count). The summed E-state index contributed by atoms with van der Waals surface area (Å²) in [7, 11) is 0.351. The van der Waals surface area contributed by atoms with Crippen molar-refractivity contribution in [2.45, 2.75) is 68.7 Å². The van der Waals surface area contributed by atoms with E-state index in [1.807, 2.05) is 25.1 Å². The number of alkyl halides is 3. The van der Waals surface area contributed by atoms with Gasteiger partial charge in [-0.3, -0.25) is 0 Å². The van der Waals surface area contributed by atoms with Gasteiger partial charge in [-0.05, 0) is 93.7 Å². The zero-order valence-corrected chi connectivity index (χ0v) is 23.2. The number of hydrogen-bond donors (Lipinski definition) is 3. The fourth-order valence-electron chi connectivity index (χ4n) is 4.49. The van der Waals surface area contributed by atoms with Crippen molar-refractivity contribution >= 4 is 16.0 Å². The summed E-state index contributed by atoms with van der Waals surface area (Å²) >= 11 is 0. The molecule has 0 bridgehead atoms. The highest BCUT2D eigenvalue weighted by Crippen LogP contribution is 2.33. The van der Waals surface area contributed by atoms with Crippen LogP contribution in [0.4, 0.5) is 13.2 Å². The molecule has 2 aromatic rings. The molecule has 0 radical (unpaired) electrons. The normalized spacial score (nSPS) is 17.2. The maximum absolute atomic E-state index is 12.8. The first-order valence-corrected chi connectivity index (χ1v) is 14.3. The highest BCUT2D eigenvalue weighted by molar-refractivity contribution is 7.89.